The van der Waals surface area contributed by atoms with E-state index in [2.05, 4.69) is 23.7 Å². The van der Waals surface area contributed by atoms with Gasteiger partial charge < -0.3 is 5.21 Å². The lowest BCUT2D eigenvalue weighted by molar-refractivity contribution is 0.314. The quantitative estimate of drug-likeness (QED) is 0.361. The predicted octanol–water partition coefficient (Wildman–Crippen LogP) is 1.58. The Kier molecular flexibility index (Phi) is 1.53. The molecule has 1 saturated carbocycles. The second-order valence-corrected chi connectivity index (χ2v) is 3.50. The van der Waals surface area contributed by atoms with Crippen molar-refractivity contribution in [3.63, 3.8) is 0 Å². The molecule has 2 radical (unpaired) electrons. The van der Waals surface area contributed by atoms with Crippen LogP contribution in [-0.2, 0) is 0 Å². The van der Waals surface area contributed by atoms with Crippen molar-refractivity contribution in [2.45, 2.75) is 19.3 Å². The van der Waals surface area contributed by atoms with Crippen LogP contribution < -0.4 is 0 Å². The first-order valence-electron chi connectivity index (χ1n) is 4.07. The molecule has 0 amide bonds. The number of allylic oxidation sites excluding steroid dienone is 2. The highest BCUT2D eigenvalue weighted by atomic mass is 16.4. The van der Waals surface area contributed by atoms with Crippen molar-refractivity contribution in [1.29, 1.82) is 5.41 Å². The van der Waals surface area contributed by atoms with E-state index < -0.39 is 0 Å². The molecule has 3 heteroatoms. The summed E-state index contributed by atoms with van der Waals surface area (Å²) < 4.78 is 0. The van der Waals surface area contributed by atoms with Crippen molar-refractivity contribution in [3.8, 4) is 0 Å². The zero-order valence-electron chi connectivity index (χ0n) is 6.67. The van der Waals surface area contributed by atoms with Gasteiger partial charge in [0, 0.05) is 5.41 Å². The fourth-order valence-electron chi connectivity index (χ4n) is 2.28. The van der Waals surface area contributed by atoms with Gasteiger partial charge in [-0.2, -0.15) is 0 Å². The molecular formula is C9H10N2O. The monoisotopic (exact) mass is 162 g/mol. The SMILES string of the molecule is N=[C]C1=CC2CCC1(/[C]=N/O)C2. The minimum atomic E-state index is -0.277. The van der Waals surface area contributed by atoms with Crippen LogP contribution in [0.15, 0.2) is 16.8 Å². The highest BCUT2D eigenvalue weighted by Gasteiger charge is 2.45. The molecule has 2 rings (SSSR count). The Labute approximate surface area is 71.3 Å². The molecule has 2 atom stereocenters. The Morgan fingerprint density at radius 1 is 1.75 bits per heavy atom. The summed E-state index contributed by atoms with van der Waals surface area (Å²) in [7, 11) is 0. The Morgan fingerprint density at radius 3 is 3.17 bits per heavy atom. The van der Waals surface area contributed by atoms with Crippen molar-refractivity contribution >= 4 is 12.4 Å². The van der Waals surface area contributed by atoms with E-state index in [0.717, 1.165) is 24.8 Å². The summed E-state index contributed by atoms with van der Waals surface area (Å²) >= 11 is 0. The molecule has 2 bridgehead atoms. The van der Waals surface area contributed by atoms with Gasteiger partial charge in [0.25, 0.3) is 0 Å². The van der Waals surface area contributed by atoms with E-state index in [0.29, 0.717) is 5.92 Å². The van der Waals surface area contributed by atoms with Crippen LogP contribution in [0.5, 0.6) is 0 Å². The van der Waals surface area contributed by atoms with Crippen LogP contribution in [0, 0.1) is 16.7 Å². The minimum Gasteiger partial charge on any atom is -0.411 e. The van der Waals surface area contributed by atoms with Crippen molar-refractivity contribution in [2.75, 3.05) is 0 Å². The Morgan fingerprint density at radius 2 is 2.58 bits per heavy atom. The Hall–Kier alpha value is -1.12. The van der Waals surface area contributed by atoms with Crippen LogP contribution in [0.2, 0.25) is 0 Å². The molecule has 2 aliphatic rings. The first-order chi connectivity index (χ1) is 5.80. The normalized spacial score (nSPS) is 39.0. The molecular weight excluding hydrogens is 152 g/mol. The van der Waals surface area contributed by atoms with Gasteiger partial charge in [-0.25, -0.2) is 0 Å². The Balaban J connectivity index is 2.36. The van der Waals surface area contributed by atoms with E-state index in [1.165, 1.54) is 0 Å². The molecule has 2 N–H and O–H groups in total. The van der Waals surface area contributed by atoms with Crippen LogP contribution in [0.25, 0.3) is 0 Å². The topological polar surface area (TPSA) is 56.4 Å². The zero-order valence-corrected chi connectivity index (χ0v) is 6.67. The van der Waals surface area contributed by atoms with Gasteiger partial charge in [0.15, 0.2) is 0 Å². The molecule has 0 aromatic rings. The standard InChI is InChI=1S/C9H10N2O/c10-5-8-3-7-1-2-9(8,4-7)6-11-12/h3,7,10,12H,1-2,4H2. The maximum atomic E-state index is 8.45. The van der Waals surface area contributed by atoms with Gasteiger partial charge >= 0.3 is 0 Å². The Bertz CT molecular complexity index is 270. The third-order valence-electron chi connectivity index (χ3n) is 2.87. The van der Waals surface area contributed by atoms with E-state index in [-0.39, 0.29) is 5.41 Å². The van der Waals surface area contributed by atoms with E-state index >= 15 is 0 Å². The van der Waals surface area contributed by atoms with Gasteiger partial charge in [0.1, 0.15) is 6.21 Å². The van der Waals surface area contributed by atoms with Crippen LogP contribution in [0.4, 0.5) is 0 Å². The third kappa shape index (κ3) is 0.823. The molecule has 0 saturated heterocycles. The van der Waals surface area contributed by atoms with Crippen LogP contribution in [0.1, 0.15) is 19.3 Å². The lowest BCUT2D eigenvalue weighted by Crippen LogP contribution is -2.20. The van der Waals surface area contributed by atoms with Gasteiger partial charge in [0.05, 0.1) is 6.21 Å². The summed E-state index contributed by atoms with van der Waals surface area (Å²) in [5.41, 5.74) is 0.567. The van der Waals surface area contributed by atoms with E-state index in [1.807, 2.05) is 0 Å². The molecule has 0 heterocycles. The average Bonchev–Trinajstić information content (AvgIpc) is 2.60. The lowest BCUT2D eigenvalue weighted by atomic mass is 9.82. The van der Waals surface area contributed by atoms with Crippen molar-refractivity contribution in [3.05, 3.63) is 11.6 Å². The molecule has 0 aromatic heterocycles. The van der Waals surface area contributed by atoms with Crippen LogP contribution in [0.3, 0.4) is 0 Å². The van der Waals surface area contributed by atoms with Crippen molar-refractivity contribution in [1.82, 2.24) is 0 Å². The lowest BCUT2D eigenvalue weighted by Gasteiger charge is -2.20. The average molecular weight is 162 g/mol. The van der Waals surface area contributed by atoms with Crippen LogP contribution >= 0.6 is 0 Å². The van der Waals surface area contributed by atoms with Gasteiger partial charge in [-0.05, 0) is 30.8 Å². The summed E-state index contributed by atoms with van der Waals surface area (Å²) in [5.74, 6) is 0.548. The number of fused-ring (bicyclic) bond motifs is 2. The molecule has 12 heavy (non-hydrogen) atoms. The van der Waals surface area contributed by atoms with E-state index in [4.69, 9.17) is 10.6 Å². The van der Waals surface area contributed by atoms with Gasteiger partial charge in [0.2, 0.25) is 0 Å². The smallest absolute Gasteiger partial charge is 0.116 e. The van der Waals surface area contributed by atoms with Gasteiger partial charge in [-0.3, -0.25) is 5.41 Å². The molecule has 0 aliphatic heterocycles. The predicted molar refractivity (Wildman–Crippen MR) is 44.8 cm³/mol. The number of hydrogen-bond acceptors (Lipinski definition) is 3. The summed E-state index contributed by atoms with van der Waals surface area (Å²) in [5, 5.41) is 18.5. The number of nitrogens with zero attached hydrogens (tertiary/aromatic N) is 1. The number of nitrogens with one attached hydrogen (secondary N) is 1. The van der Waals surface area contributed by atoms with E-state index in [9.17, 15) is 0 Å². The summed E-state index contributed by atoms with van der Waals surface area (Å²) in [6.45, 7) is 0. The first kappa shape index (κ1) is 7.53. The van der Waals surface area contributed by atoms with Crippen LogP contribution in [-0.4, -0.2) is 17.6 Å². The van der Waals surface area contributed by atoms with Crippen molar-refractivity contribution < 1.29 is 5.21 Å². The third-order valence-corrected chi connectivity index (χ3v) is 2.87. The summed E-state index contributed by atoms with van der Waals surface area (Å²) in [4.78, 5) is 0. The molecule has 1 fully saturated rings. The molecule has 2 unspecified atom stereocenters. The second kappa shape index (κ2) is 2.44. The second-order valence-electron chi connectivity index (χ2n) is 3.50. The molecule has 3 nitrogen and oxygen atoms in total. The number of rotatable bonds is 2. The maximum absolute atomic E-state index is 8.45. The van der Waals surface area contributed by atoms with Gasteiger partial charge in [-0.1, -0.05) is 11.2 Å². The summed E-state index contributed by atoms with van der Waals surface area (Å²) in [6, 6.07) is 0. The largest absolute Gasteiger partial charge is 0.411 e. The molecule has 0 spiro atoms. The first-order valence-corrected chi connectivity index (χ1v) is 4.07. The minimum absolute atomic E-state index is 0.277. The van der Waals surface area contributed by atoms with Crippen molar-refractivity contribution in [2.24, 2.45) is 16.5 Å². The molecule has 62 valence electrons. The molecule has 2 aliphatic carbocycles. The number of hydrogen-bond donors (Lipinski definition) is 2. The van der Waals surface area contributed by atoms with E-state index in [1.54, 1.807) is 0 Å². The highest BCUT2D eigenvalue weighted by Crippen LogP contribution is 2.51. The summed E-state index contributed by atoms with van der Waals surface area (Å²) in [6.07, 6.45) is 10.1. The maximum Gasteiger partial charge on any atom is 0.116 e. The fourth-order valence-corrected chi connectivity index (χ4v) is 2.28. The zero-order chi connectivity index (χ0) is 8.60. The molecule has 0 aromatic carbocycles. The fraction of sp³-hybridized carbons (Fsp3) is 0.556. The van der Waals surface area contributed by atoms with Gasteiger partial charge in [-0.15, -0.1) is 0 Å². The highest BCUT2D eigenvalue weighted by molar-refractivity contribution is 5.89.